The molecule has 150 valence electrons. The van der Waals surface area contributed by atoms with Crippen molar-refractivity contribution in [2.45, 2.75) is 0 Å². The van der Waals surface area contributed by atoms with E-state index in [0.29, 0.717) is 28.5 Å². The van der Waals surface area contributed by atoms with Crippen molar-refractivity contribution in [1.29, 1.82) is 0 Å². The summed E-state index contributed by atoms with van der Waals surface area (Å²) in [5.41, 5.74) is 4.59. The van der Waals surface area contributed by atoms with Gasteiger partial charge >= 0.3 is 0 Å². The molecular formula is C25H17N3O3. The highest BCUT2D eigenvalue weighted by Crippen LogP contribution is 2.34. The lowest BCUT2D eigenvalue weighted by Crippen LogP contribution is -2.04. The van der Waals surface area contributed by atoms with E-state index in [1.165, 1.54) is 0 Å². The van der Waals surface area contributed by atoms with E-state index in [1.807, 2.05) is 60.8 Å². The quantitative estimate of drug-likeness (QED) is 0.317. The third-order valence-corrected chi connectivity index (χ3v) is 5.44. The molecule has 1 aliphatic rings. The monoisotopic (exact) mass is 407 g/mol. The Morgan fingerprint density at radius 1 is 0.935 bits per heavy atom. The summed E-state index contributed by atoms with van der Waals surface area (Å²) in [7, 11) is 0. The second kappa shape index (κ2) is 6.88. The molecule has 6 heteroatoms. The molecule has 0 atom stereocenters. The molecular weight excluding hydrogens is 390 g/mol. The summed E-state index contributed by atoms with van der Waals surface area (Å²) >= 11 is 0. The lowest BCUT2D eigenvalue weighted by atomic mass is 9.99. The van der Waals surface area contributed by atoms with Crippen molar-refractivity contribution in [1.82, 2.24) is 15.0 Å². The Balaban J connectivity index is 1.52. The molecule has 0 fully saturated rings. The van der Waals surface area contributed by atoms with Crippen LogP contribution in [0.3, 0.4) is 0 Å². The molecule has 0 saturated heterocycles. The van der Waals surface area contributed by atoms with Crippen molar-refractivity contribution >= 4 is 39.4 Å². The molecule has 6 nitrogen and oxygen atoms in total. The average molecular weight is 407 g/mol. The van der Waals surface area contributed by atoms with Crippen LogP contribution in [-0.4, -0.2) is 27.5 Å². The van der Waals surface area contributed by atoms with E-state index in [9.17, 15) is 4.79 Å². The van der Waals surface area contributed by atoms with Crippen molar-refractivity contribution in [2.24, 2.45) is 0 Å². The van der Waals surface area contributed by atoms with Gasteiger partial charge in [-0.05, 0) is 42.5 Å². The van der Waals surface area contributed by atoms with Gasteiger partial charge in [0.15, 0.2) is 17.3 Å². The van der Waals surface area contributed by atoms with Crippen LogP contribution in [0.4, 0.5) is 0 Å². The van der Waals surface area contributed by atoms with Crippen LogP contribution in [0.25, 0.3) is 33.6 Å². The number of fused-ring (bicyclic) bond motifs is 3. The van der Waals surface area contributed by atoms with Crippen LogP contribution in [0, 0.1) is 0 Å². The molecule has 0 saturated carbocycles. The van der Waals surface area contributed by atoms with Gasteiger partial charge in [-0.1, -0.05) is 30.3 Å². The molecule has 3 heterocycles. The van der Waals surface area contributed by atoms with Gasteiger partial charge in [-0.25, -0.2) is 4.98 Å². The standard InChI is InChI=1S/C25H17N3O3/c29-24(15-9-10-22-23(12-15)31-14-30-22)18(25-27-20-7-3-4-8-21(20)28-25)11-16-13-26-19-6-2-1-5-17(16)19/h1-13,26H,14H2,(H,27,28)/b18-11-. The Bertz CT molecular complexity index is 1460. The molecule has 0 spiro atoms. The zero-order valence-electron chi connectivity index (χ0n) is 16.4. The van der Waals surface area contributed by atoms with Gasteiger partial charge < -0.3 is 19.4 Å². The van der Waals surface area contributed by atoms with E-state index < -0.39 is 0 Å². The first-order chi connectivity index (χ1) is 15.3. The predicted molar refractivity (Wildman–Crippen MR) is 119 cm³/mol. The van der Waals surface area contributed by atoms with Crippen LogP contribution >= 0.6 is 0 Å². The number of H-pyrrole nitrogens is 2. The lowest BCUT2D eigenvalue weighted by molar-refractivity contribution is 0.105. The van der Waals surface area contributed by atoms with Crippen LogP contribution in [0.15, 0.2) is 72.9 Å². The van der Waals surface area contributed by atoms with Gasteiger partial charge in [0, 0.05) is 28.2 Å². The molecule has 2 N–H and O–H groups in total. The van der Waals surface area contributed by atoms with E-state index in [1.54, 1.807) is 18.2 Å². The second-order valence-corrected chi connectivity index (χ2v) is 7.35. The Kier molecular flexibility index (Phi) is 3.89. The number of ether oxygens (including phenoxy) is 2. The molecule has 6 rings (SSSR count). The zero-order chi connectivity index (χ0) is 20.8. The van der Waals surface area contributed by atoms with Crippen LogP contribution in [0.2, 0.25) is 0 Å². The molecule has 0 aliphatic carbocycles. The smallest absolute Gasteiger partial charge is 0.231 e. The summed E-state index contributed by atoms with van der Waals surface area (Å²) < 4.78 is 10.8. The maximum Gasteiger partial charge on any atom is 0.231 e. The lowest BCUT2D eigenvalue weighted by Gasteiger charge is -2.06. The molecule has 1 aliphatic heterocycles. The maximum atomic E-state index is 13.6. The first kappa shape index (κ1) is 17.5. The fraction of sp³-hybridized carbons (Fsp3) is 0.0400. The number of ketones is 1. The number of nitrogens with zero attached hydrogens (tertiary/aromatic N) is 1. The normalized spacial score (nSPS) is 13.2. The highest BCUT2D eigenvalue weighted by molar-refractivity contribution is 6.32. The third kappa shape index (κ3) is 2.97. The second-order valence-electron chi connectivity index (χ2n) is 7.35. The minimum atomic E-state index is -0.150. The first-order valence-corrected chi connectivity index (χ1v) is 9.93. The Morgan fingerprint density at radius 3 is 2.65 bits per heavy atom. The van der Waals surface area contributed by atoms with Gasteiger partial charge in [0.2, 0.25) is 6.79 Å². The van der Waals surface area contributed by atoms with Crippen LogP contribution in [-0.2, 0) is 0 Å². The van der Waals surface area contributed by atoms with Gasteiger partial charge in [0.1, 0.15) is 5.82 Å². The predicted octanol–water partition coefficient (Wildman–Crippen LogP) is 5.20. The van der Waals surface area contributed by atoms with Gasteiger partial charge in [-0.2, -0.15) is 0 Å². The fourth-order valence-corrected chi connectivity index (χ4v) is 3.88. The van der Waals surface area contributed by atoms with Gasteiger partial charge in [-0.3, -0.25) is 4.79 Å². The summed E-state index contributed by atoms with van der Waals surface area (Å²) in [6.07, 6.45) is 3.78. The maximum absolute atomic E-state index is 13.6. The first-order valence-electron chi connectivity index (χ1n) is 9.93. The van der Waals surface area contributed by atoms with Crippen molar-refractivity contribution in [3.63, 3.8) is 0 Å². The number of benzene rings is 3. The van der Waals surface area contributed by atoms with Crippen LogP contribution in [0.5, 0.6) is 11.5 Å². The number of para-hydroxylation sites is 3. The molecule has 0 bridgehead atoms. The minimum Gasteiger partial charge on any atom is -0.454 e. The highest BCUT2D eigenvalue weighted by Gasteiger charge is 2.22. The number of allylic oxidation sites excluding steroid dienone is 1. The number of aromatic nitrogens is 3. The highest BCUT2D eigenvalue weighted by atomic mass is 16.7. The Morgan fingerprint density at radius 2 is 1.74 bits per heavy atom. The topological polar surface area (TPSA) is 80.0 Å². The van der Waals surface area contributed by atoms with Crippen molar-refractivity contribution in [3.8, 4) is 11.5 Å². The molecule has 3 aromatic carbocycles. The number of rotatable bonds is 4. The SMILES string of the molecule is O=C(/C(=C/c1c[nH]c2ccccc12)c1nc2ccccc2[nH]1)c1ccc2c(c1)OCO2. The van der Waals surface area contributed by atoms with E-state index in [2.05, 4.69) is 15.0 Å². The van der Waals surface area contributed by atoms with E-state index in [-0.39, 0.29) is 12.6 Å². The molecule has 0 unspecified atom stereocenters. The molecule has 5 aromatic rings. The minimum absolute atomic E-state index is 0.150. The number of imidazole rings is 1. The Hall–Kier alpha value is -4.32. The van der Waals surface area contributed by atoms with Gasteiger partial charge in [0.25, 0.3) is 0 Å². The molecule has 0 radical (unpaired) electrons. The largest absolute Gasteiger partial charge is 0.454 e. The summed E-state index contributed by atoms with van der Waals surface area (Å²) in [5.74, 6) is 1.58. The van der Waals surface area contributed by atoms with Gasteiger partial charge in [0.05, 0.1) is 16.6 Å². The molecule has 31 heavy (non-hydrogen) atoms. The molecule has 2 aromatic heterocycles. The summed E-state index contributed by atoms with van der Waals surface area (Å²) in [4.78, 5) is 24.9. The number of hydrogen-bond donors (Lipinski definition) is 2. The number of Topliss-reactive ketones (excluding diaryl/α,β-unsaturated/α-hetero) is 1. The number of carbonyl (C=O) groups is 1. The number of aromatic amines is 2. The fourth-order valence-electron chi connectivity index (χ4n) is 3.88. The van der Waals surface area contributed by atoms with Crippen LogP contribution in [0.1, 0.15) is 21.7 Å². The van der Waals surface area contributed by atoms with Gasteiger partial charge in [-0.15, -0.1) is 0 Å². The van der Waals surface area contributed by atoms with Crippen LogP contribution < -0.4 is 9.47 Å². The van der Waals surface area contributed by atoms with E-state index in [0.717, 1.165) is 27.5 Å². The molecule has 0 amide bonds. The zero-order valence-corrected chi connectivity index (χ0v) is 16.4. The average Bonchev–Trinajstić information content (AvgIpc) is 3.54. The van der Waals surface area contributed by atoms with E-state index >= 15 is 0 Å². The van der Waals surface area contributed by atoms with Crippen molar-refractivity contribution in [2.75, 3.05) is 6.79 Å². The van der Waals surface area contributed by atoms with E-state index in [4.69, 9.17) is 9.47 Å². The summed E-state index contributed by atoms with van der Waals surface area (Å²) in [5, 5.41) is 1.04. The summed E-state index contributed by atoms with van der Waals surface area (Å²) in [6, 6.07) is 21.0. The number of carbonyl (C=O) groups excluding carboxylic acids is 1. The number of nitrogens with one attached hydrogen (secondary N) is 2. The third-order valence-electron chi connectivity index (χ3n) is 5.44. The summed E-state index contributed by atoms with van der Waals surface area (Å²) in [6.45, 7) is 0.161. The number of hydrogen-bond acceptors (Lipinski definition) is 4. The van der Waals surface area contributed by atoms with Crippen molar-refractivity contribution in [3.05, 3.63) is 89.9 Å². The van der Waals surface area contributed by atoms with Crippen molar-refractivity contribution < 1.29 is 14.3 Å². The Labute approximate surface area is 177 Å².